The first kappa shape index (κ1) is 12.5. The summed E-state index contributed by atoms with van der Waals surface area (Å²) < 4.78 is 0. The molecule has 1 N–H and O–H groups in total. The summed E-state index contributed by atoms with van der Waals surface area (Å²) in [6.07, 6.45) is 2.81. The molecule has 0 spiro atoms. The average molecular weight is 213 g/mol. The number of nitrogens with zero attached hydrogens (tertiary/aromatic N) is 2. The zero-order valence-corrected chi connectivity index (χ0v) is 9.96. The number of piperazine rings is 1. The van der Waals surface area contributed by atoms with Gasteiger partial charge in [-0.05, 0) is 26.4 Å². The van der Waals surface area contributed by atoms with Gasteiger partial charge in [0.05, 0.1) is 0 Å². The quantitative estimate of drug-likeness (QED) is 0.660. The van der Waals surface area contributed by atoms with Crippen molar-refractivity contribution in [1.29, 1.82) is 0 Å². The molecule has 1 saturated heterocycles. The van der Waals surface area contributed by atoms with E-state index in [0.717, 1.165) is 19.4 Å². The molecule has 1 aliphatic heterocycles. The molecule has 1 fully saturated rings. The van der Waals surface area contributed by atoms with Gasteiger partial charge in [0.25, 0.3) is 0 Å². The summed E-state index contributed by atoms with van der Waals surface area (Å²) in [6.45, 7) is 5.85. The molecule has 0 saturated carbocycles. The molecule has 4 heteroatoms. The zero-order valence-electron chi connectivity index (χ0n) is 9.96. The number of hydrogen-bond donors (Lipinski definition) is 1. The maximum absolute atomic E-state index is 11.0. The molecule has 0 aromatic heterocycles. The third-order valence-electron chi connectivity index (χ3n) is 3.00. The zero-order chi connectivity index (χ0) is 11.1. The smallest absolute Gasteiger partial charge is 0.219 e. The van der Waals surface area contributed by atoms with Gasteiger partial charge in [-0.15, -0.1) is 0 Å². The minimum atomic E-state index is 0.161. The van der Waals surface area contributed by atoms with Crippen molar-refractivity contribution in [3.05, 3.63) is 0 Å². The lowest BCUT2D eigenvalue weighted by atomic mass is 10.2. The van der Waals surface area contributed by atoms with Gasteiger partial charge in [-0.25, -0.2) is 0 Å². The van der Waals surface area contributed by atoms with Gasteiger partial charge in [-0.2, -0.15) is 0 Å². The first-order valence-corrected chi connectivity index (χ1v) is 5.84. The Labute approximate surface area is 92.6 Å². The minimum Gasteiger partial charge on any atom is -0.359 e. The molecule has 0 atom stereocenters. The van der Waals surface area contributed by atoms with E-state index in [-0.39, 0.29) is 5.91 Å². The third-order valence-corrected chi connectivity index (χ3v) is 3.00. The van der Waals surface area contributed by atoms with Crippen LogP contribution in [0.1, 0.15) is 19.3 Å². The molecule has 1 rings (SSSR count). The summed E-state index contributed by atoms with van der Waals surface area (Å²) in [5.74, 6) is 0.161. The Kier molecular flexibility index (Phi) is 5.65. The largest absolute Gasteiger partial charge is 0.359 e. The van der Waals surface area contributed by atoms with Crippen LogP contribution in [0.2, 0.25) is 0 Å². The summed E-state index contributed by atoms with van der Waals surface area (Å²) in [4.78, 5) is 15.8. The van der Waals surface area contributed by atoms with Crippen LogP contribution in [0.25, 0.3) is 0 Å². The van der Waals surface area contributed by atoms with E-state index in [1.807, 2.05) is 0 Å². The van der Waals surface area contributed by atoms with Crippen molar-refractivity contribution in [2.45, 2.75) is 19.3 Å². The maximum atomic E-state index is 11.0. The van der Waals surface area contributed by atoms with Gasteiger partial charge in [-0.3, -0.25) is 4.79 Å². The number of amides is 1. The van der Waals surface area contributed by atoms with Crippen molar-refractivity contribution in [3.8, 4) is 0 Å². The van der Waals surface area contributed by atoms with Crippen LogP contribution in [-0.4, -0.2) is 62.5 Å². The van der Waals surface area contributed by atoms with Crippen LogP contribution in [0.4, 0.5) is 0 Å². The Morgan fingerprint density at radius 3 is 2.47 bits per heavy atom. The SMILES string of the molecule is CNC(=O)CCCCN1CCN(C)CC1. The minimum absolute atomic E-state index is 0.161. The number of unbranched alkanes of at least 4 members (excludes halogenated alkanes) is 1. The molecule has 15 heavy (non-hydrogen) atoms. The van der Waals surface area contributed by atoms with Crippen LogP contribution in [0.5, 0.6) is 0 Å². The Morgan fingerprint density at radius 1 is 1.20 bits per heavy atom. The standard InChI is InChI=1S/C11H23N3O/c1-12-11(15)5-3-4-6-14-9-7-13(2)8-10-14/h3-10H2,1-2H3,(H,12,15). The topological polar surface area (TPSA) is 35.6 Å². The van der Waals surface area contributed by atoms with Gasteiger partial charge in [0.2, 0.25) is 5.91 Å². The van der Waals surface area contributed by atoms with Gasteiger partial charge in [0.15, 0.2) is 0 Å². The summed E-state index contributed by atoms with van der Waals surface area (Å²) in [5.41, 5.74) is 0. The second-order valence-corrected chi connectivity index (χ2v) is 4.28. The van der Waals surface area contributed by atoms with E-state index in [1.54, 1.807) is 7.05 Å². The molecule has 1 heterocycles. The van der Waals surface area contributed by atoms with Gasteiger partial charge in [0.1, 0.15) is 0 Å². The van der Waals surface area contributed by atoms with Crippen molar-refractivity contribution >= 4 is 5.91 Å². The first-order valence-electron chi connectivity index (χ1n) is 5.84. The normalized spacial score (nSPS) is 19.1. The summed E-state index contributed by atoms with van der Waals surface area (Å²) in [5, 5.41) is 2.65. The third kappa shape index (κ3) is 5.14. The molecule has 0 aliphatic carbocycles. The van der Waals surface area contributed by atoms with Crippen LogP contribution >= 0.6 is 0 Å². The van der Waals surface area contributed by atoms with Crippen molar-refractivity contribution in [2.75, 3.05) is 46.8 Å². The second-order valence-electron chi connectivity index (χ2n) is 4.28. The second kappa shape index (κ2) is 6.80. The van der Waals surface area contributed by atoms with Crippen LogP contribution in [-0.2, 0) is 4.79 Å². The van der Waals surface area contributed by atoms with Crippen molar-refractivity contribution in [3.63, 3.8) is 0 Å². The first-order chi connectivity index (χ1) is 7.22. The Bertz CT molecular complexity index is 188. The van der Waals surface area contributed by atoms with E-state index in [0.29, 0.717) is 6.42 Å². The van der Waals surface area contributed by atoms with Crippen LogP contribution < -0.4 is 5.32 Å². The molecular weight excluding hydrogens is 190 g/mol. The Balaban J connectivity index is 1.98. The highest BCUT2D eigenvalue weighted by Crippen LogP contribution is 2.03. The molecule has 0 bridgehead atoms. The molecule has 1 amide bonds. The van der Waals surface area contributed by atoms with E-state index in [9.17, 15) is 4.79 Å². The Hall–Kier alpha value is -0.610. The van der Waals surface area contributed by atoms with Crippen LogP contribution in [0, 0.1) is 0 Å². The van der Waals surface area contributed by atoms with Crippen molar-refractivity contribution < 1.29 is 4.79 Å². The van der Waals surface area contributed by atoms with E-state index in [1.165, 1.54) is 26.2 Å². The van der Waals surface area contributed by atoms with E-state index < -0.39 is 0 Å². The lowest BCUT2D eigenvalue weighted by molar-refractivity contribution is -0.120. The molecule has 0 aromatic rings. The highest BCUT2D eigenvalue weighted by atomic mass is 16.1. The van der Waals surface area contributed by atoms with E-state index >= 15 is 0 Å². The van der Waals surface area contributed by atoms with Crippen LogP contribution in [0.15, 0.2) is 0 Å². The van der Waals surface area contributed by atoms with Gasteiger partial charge < -0.3 is 15.1 Å². The molecule has 1 aliphatic rings. The number of nitrogens with one attached hydrogen (secondary N) is 1. The fourth-order valence-electron chi connectivity index (χ4n) is 1.82. The molecule has 4 nitrogen and oxygen atoms in total. The fourth-order valence-corrected chi connectivity index (χ4v) is 1.82. The predicted octanol–water partition coefficient (Wildman–Crippen LogP) is 0.150. The summed E-state index contributed by atoms with van der Waals surface area (Å²) >= 11 is 0. The van der Waals surface area contributed by atoms with Gasteiger partial charge >= 0.3 is 0 Å². The van der Waals surface area contributed by atoms with E-state index in [2.05, 4.69) is 22.2 Å². The van der Waals surface area contributed by atoms with Gasteiger partial charge in [0, 0.05) is 39.6 Å². The monoisotopic (exact) mass is 213 g/mol. The summed E-state index contributed by atoms with van der Waals surface area (Å²) in [6, 6.07) is 0. The molecule has 0 radical (unpaired) electrons. The highest BCUT2D eigenvalue weighted by Gasteiger charge is 2.12. The Morgan fingerprint density at radius 2 is 1.87 bits per heavy atom. The molecule has 88 valence electrons. The fraction of sp³-hybridized carbons (Fsp3) is 0.909. The number of likely N-dealkylation sites (N-methyl/N-ethyl adjacent to an activating group) is 1. The summed E-state index contributed by atoms with van der Waals surface area (Å²) in [7, 11) is 3.87. The number of hydrogen-bond acceptors (Lipinski definition) is 3. The number of carbonyl (C=O) groups excluding carboxylic acids is 1. The van der Waals surface area contributed by atoms with Crippen LogP contribution in [0.3, 0.4) is 0 Å². The predicted molar refractivity (Wildman–Crippen MR) is 61.9 cm³/mol. The van der Waals surface area contributed by atoms with E-state index in [4.69, 9.17) is 0 Å². The lowest BCUT2D eigenvalue weighted by Gasteiger charge is -2.32. The average Bonchev–Trinajstić information content (AvgIpc) is 2.26. The van der Waals surface area contributed by atoms with Crippen molar-refractivity contribution in [2.24, 2.45) is 0 Å². The maximum Gasteiger partial charge on any atom is 0.219 e. The highest BCUT2D eigenvalue weighted by molar-refractivity contribution is 5.75. The lowest BCUT2D eigenvalue weighted by Crippen LogP contribution is -2.44. The van der Waals surface area contributed by atoms with Gasteiger partial charge in [-0.1, -0.05) is 0 Å². The van der Waals surface area contributed by atoms with Crippen molar-refractivity contribution in [1.82, 2.24) is 15.1 Å². The molecular formula is C11H23N3O. The number of rotatable bonds is 5. The molecule has 0 aromatic carbocycles. The number of carbonyl (C=O) groups is 1. The molecule has 0 unspecified atom stereocenters.